The van der Waals surface area contributed by atoms with Crippen LogP contribution >= 0.6 is 22.9 Å². The van der Waals surface area contributed by atoms with Gasteiger partial charge in [-0.15, -0.1) is 11.3 Å². The molecule has 3 rings (SSSR count). The van der Waals surface area contributed by atoms with Crippen LogP contribution in [0.4, 0.5) is 0 Å². The van der Waals surface area contributed by atoms with Crippen molar-refractivity contribution in [3.05, 3.63) is 51.2 Å². The summed E-state index contributed by atoms with van der Waals surface area (Å²) < 4.78 is 11.6. The van der Waals surface area contributed by atoms with E-state index in [4.69, 9.17) is 21.1 Å². The average molecular weight is 495 g/mol. The second-order valence-electron chi connectivity index (χ2n) is 8.69. The van der Waals surface area contributed by atoms with E-state index in [-0.39, 0.29) is 31.2 Å². The van der Waals surface area contributed by atoms with Gasteiger partial charge in [0.05, 0.1) is 31.4 Å². The topological polar surface area (TPSA) is 62.2 Å². The van der Waals surface area contributed by atoms with Crippen LogP contribution in [0.25, 0.3) is 0 Å². The summed E-state index contributed by atoms with van der Waals surface area (Å²) in [7, 11) is 0. The average Bonchev–Trinajstić information content (AvgIpc) is 3.26. The lowest BCUT2D eigenvalue weighted by Gasteiger charge is -2.37. The predicted octanol–water partition coefficient (Wildman–Crippen LogP) is 4.40. The molecule has 1 aromatic heterocycles. The molecule has 33 heavy (non-hydrogen) atoms. The van der Waals surface area contributed by atoms with Crippen LogP contribution in [0.1, 0.15) is 43.7 Å². The number of halogens is 1. The van der Waals surface area contributed by atoms with E-state index in [9.17, 15) is 9.90 Å². The van der Waals surface area contributed by atoms with Crippen molar-refractivity contribution in [1.29, 1.82) is 0 Å². The quantitative estimate of drug-likeness (QED) is 0.473. The molecule has 2 heterocycles. The SMILES string of the molecule is CCCN(CC(=O)N1CCc2sccc2C1COc1ccc(Cl)cc1)CC(O)COC(C)C. The van der Waals surface area contributed by atoms with E-state index < -0.39 is 6.10 Å². The van der Waals surface area contributed by atoms with Gasteiger partial charge in [-0.25, -0.2) is 0 Å². The molecule has 0 aliphatic carbocycles. The van der Waals surface area contributed by atoms with Gasteiger partial charge in [-0.1, -0.05) is 18.5 Å². The summed E-state index contributed by atoms with van der Waals surface area (Å²) in [6, 6.07) is 9.25. The number of carbonyl (C=O) groups excluding carboxylic acids is 1. The molecule has 1 amide bonds. The van der Waals surface area contributed by atoms with Gasteiger partial charge in [0.15, 0.2) is 0 Å². The van der Waals surface area contributed by atoms with Gasteiger partial charge in [0.2, 0.25) is 5.91 Å². The number of carbonyl (C=O) groups is 1. The minimum Gasteiger partial charge on any atom is -0.491 e. The van der Waals surface area contributed by atoms with Gasteiger partial charge in [0.25, 0.3) is 0 Å². The number of hydrogen-bond donors (Lipinski definition) is 1. The fourth-order valence-corrected chi connectivity index (χ4v) is 5.12. The monoisotopic (exact) mass is 494 g/mol. The highest BCUT2D eigenvalue weighted by Gasteiger charge is 2.33. The number of nitrogens with zero attached hydrogens (tertiary/aromatic N) is 2. The number of amides is 1. The summed E-state index contributed by atoms with van der Waals surface area (Å²) in [4.78, 5) is 18.7. The van der Waals surface area contributed by atoms with Crippen molar-refractivity contribution in [3.8, 4) is 5.75 Å². The van der Waals surface area contributed by atoms with Crippen molar-refractivity contribution in [2.45, 2.75) is 51.9 Å². The molecule has 0 saturated carbocycles. The van der Waals surface area contributed by atoms with Crippen LogP contribution in [0.2, 0.25) is 5.02 Å². The lowest BCUT2D eigenvalue weighted by Crippen LogP contribution is -2.48. The van der Waals surface area contributed by atoms with Gasteiger partial charge in [0, 0.05) is 23.0 Å². The fraction of sp³-hybridized carbons (Fsp3) is 0.560. The maximum Gasteiger partial charge on any atom is 0.237 e. The van der Waals surface area contributed by atoms with E-state index in [1.54, 1.807) is 23.5 Å². The predicted molar refractivity (Wildman–Crippen MR) is 133 cm³/mol. The molecule has 1 aliphatic heterocycles. The number of rotatable bonds is 12. The van der Waals surface area contributed by atoms with Crippen LogP contribution in [0.15, 0.2) is 35.7 Å². The van der Waals surface area contributed by atoms with Crippen LogP contribution in [-0.4, -0.2) is 72.4 Å². The largest absolute Gasteiger partial charge is 0.491 e. The summed E-state index contributed by atoms with van der Waals surface area (Å²) in [6.07, 6.45) is 1.20. The third kappa shape index (κ3) is 7.69. The second kappa shape index (κ2) is 12.7. The number of thiophene rings is 1. The first-order chi connectivity index (χ1) is 15.9. The summed E-state index contributed by atoms with van der Waals surface area (Å²) in [5.41, 5.74) is 1.17. The van der Waals surface area contributed by atoms with Crippen LogP contribution < -0.4 is 4.74 Å². The lowest BCUT2D eigenvalue weighted by atomic mass is 10.0. The highest BCUT2D eigenvalue weighted by Crippen LogP contribution is 2.34. The zero-order valence-electron chi connectivity index (χ0n) is 19.7. The van der Waals surface area contributed by atoms with Gasteiger partial charge < -0.3 is 19.5 Å². The lowest BCUT2D eigenvalue weighted by molar-refractivity contribution is -0.136. The first kappa shape index (κ1) is 26.0. The molecule has 1 aliphatic rings. The molecule has 0 radical (unpaired) electrons. The molecule has 2 atom stereocenters. The minimum atomic E-state index is -0.624. The van der Waals surface area contributed by atoms with Gasteiger partial charge in [-0.05, 0) is 74.5 Å². The van der Waals surface area contributed by atoms with E-state index in [1.165, 1.54) is 10.4 Å². The molecule has 2 unspecified atom stereocenters. The third-order valence-electron chi connectivity index (χ3n) is 5.63. The van der Waals surface area contributed by atoms with E-state index in [0.29, 0.717) is 24.7 Å². The Labute approximate surface area is 206 Å². The van der Waals surface area contributed by atoms with Crippen molar-refractivity contribution in [1.82, 2.24) is 9.80 Å². The molecule has 0 spiro atoms. The van der Waals surface area contributed by atoms with Gasteiger partial charge >= 0.3 is 0 Å². The maximum atomic E-state index is 13.4. The first-order valence-electron chi connectivity index (χ1n) is 11.6. The Balaban J connectivity index is 1.67. The fourth-order valence-electron chi connectivity index (χ4n) is 4.07. The Hall–Kier alpha value is -1.64. The number of fused-ring (bicyclic) bond motifs is 1. The van der Waals surface area contributed by atoms with E-state index in [2.05, 4.69) is 18.4 Å². The number of hydrogen-bond acceptors (Lipinski definition) is 6. The Morgan fingerprint density at radius 1 is 1.30 bits per heavy atom. The Morgan fingerprint density at radius 3 is 2.76 bits per heavy atom. The molecule has 182 valence electrons. The summed E-state index contributed by atoms with van der Waals surface area (Å²) in [5.74, 6) is 0.789. The summed E-state index contributed by atoms with van der Waals surface area (Å²) in [6.45, 7) is 8.72. The molecule has 6 nitrogen and oxygen atoms in total. The van der Waals surface area contributed by atoms with Crippen molar-refractivity contribution in [3.63, 3.8) is 0 Å². The van der Waals surface area contributed by atoms with Crippen molar-refractivity contribution >= 4 is 28.8 Å². The van der Waals surface area contributed by atoms with Gasteiger partial charge in [-0.3, -0.25) is 9.69 Å². The van der Waals surface area contributed by atoms with Crippen LogP contribution in [0.3, 0.4) is 0 Å². The second-order valence-corrected chi connectivity index (χ2v) is 10.1. The number of aliphatic hydroxyl groups is 1. The van der Waals surface area contributed by atoms with Crippen LogP contribution in [-0.2, 0) is 16.0 Å². The molecule has 1 aromatic carbocycles. The van der Waals surface area contributed by atoms with Crippen molar-refractivity contribution in [2.75, 3.05) is 39.4 Å². The van der Waals surface area contributed by atoms with Crippen molar-refractivity contribution in [2.24, 2.45) is 0 Å². The molecule has 0 saturated heterocycles. The molecular formula is C25H35ClN2O4S. The van der Waals surface area contributed by atoms with E-state index >= 15 is 0 Å². The normalized spacial score (nSPS) is 16.8. The summed E-state index contributed by atoms with van der Waals surface area (Å²) >= 11 is 7.72. The molecule has 8 heteroatoms. The molecule has 0 bridgehead atoms. The highest BCUT2D eigenvalue weighted by molar-refractivity contribution is 7.10. The van der Waals surface area contributed by atoms with Crippen LogP contribution in [0.5, 0.6) is 5.75 Å². The Kier molecular flexibility index (Phi) is 10.0. The maximum absolute atomic E-state index is 13.4. The standard InChI is InChI=1S/C25H35ClN2O4S/c1-4-11-27(14-20(29)16-31-18(2)3)15-25(30)28-12-9-24-22(10-13-33-24)23(28)17-32-21-7-5-19(26)6-8-21/h5-8,10,13,18,20,23,29H,4,9,11-12,14-17H2,1-3H3. The molecule has 0 fully saturated rings. The van der Waals surface area contributed by atoms with Crippen LogP contribution in [0, 0.1) is 0 Å². The minimum absolute atomic E-state index is 0.0574. The van der Waals surface area contributed by atoms with Gasteiger partial charge in [-0.2, -0.15) is 0 Å². The zero-order chi connectivity index (χ0) is 23.8. The zero-order valence-corrected chi connectivity index (χ0v) is 21.3. The molecular weight excluding hydrogens is 460 g/mol. The number of benzene rings is 1. The van der Waals surface area contributed by atoms with Gasteiger partial charge in [0.1, 0.15) is 12.4 Å². The molecule has 2 aromatic rings. The Morgan fingerprint density at radius 2 is 2.06 bits per heavy atom. The first-order valence-corrected chi connectivity index (χ1v) is 12.9. The smallest absolute Gasteiger partial charge is 0.237 e. The molecule has 1 N–H and O–H groups in total. The van der Waals surface area contributed by atoms with Crippen molar-refractivity contribution < 1.29 is 19.4 Å². The highest BCUT2D eigenvalue weighted by atomic mass is 35.5. The number of aliphatic hydroxyl groups excluding tert-OH is 1. The van der Waals surface area contributed by atoms with E-state index in [0.717, 1.165) is 25.1 Å². The Bertz CT molecular complexity index is 874. The number of ether oxygens (including phenoxy) is 2. The van der Waals surface area contributed by atoms with E-state index in [1.807, 2.05) is 35.8 Å². The summed E-state index contributed by atoms with van der Waals surface area (Å²) in [5, 5.41) is 13.1. The third-order valence-corrected chi connectivity index (χ3v) is 6.87.